The number of hydrogen-bond donors (Lipinski definition) is 4. The SMILES string of the molecule is Nc1[nH]ncc1-c1cc(O)c(O)c(F)c1. The van der Waals surface area contributed by atoms with Crippen LogP contribution in [0.4, 0.5) is 10.2 Å². The molecule has 2 aromatic rings. The maximum Gasteiger partial charge on any atom is 0.194 e. The van der Waals surface area contributed by atoms with Crippen molar-refractivity contribution in [2.24, 2.45) is 0 Å². The lowest BCUT2D eigenvalue weighted by Crippen LogP contribution is -1.88. The van der Waals surface area contributed by atoms with Gasteiger partial charge in [-0.2, -0.15) is 5.10 Å². The summed E-state index contributed by atoms with van der Waals surface area (Å²) in [6.45, 7) is 0. The van der Waals surface area contributed by atoms with Gasteiger partial charge in [0.25, 0.3) is 0 Å². The summed E-state index contributed by atoms with van der Waals surface area (Å²) in [7, 11) is 0. The van der Waals surface area contributed by atoms with Crippen LogP contribution >= 0.6 is 0 Å². The number of aromatic hydroxyl groups is 2. The Labute approximate surface area is 84.0 Å². The average molecular weight is 209 g/mol. The summed E-state index contributed by atoms with van der Waals surface area (Å²) in [6, 6.07) is 2.27. The number of nitrogens with zero attached hydrogens (tertiary/aromatic N) is 1. The van der Waals surface area contributed by atoms with Crippen LogP contribution in [0.3, 0.4) is 0 Å². The normalized spacial score (nSPS) is 10.5. The molecule has 0 radical (unpaired) electrons. The van der Waals surface area contributed by atoms with E-state index in [0.717, 1.165) is 6.07 Å². The molecule has 0 fully saturated rings. The van der Waals surface area contributed by atoms with E-state index in [-0.39, 0.29) is 5.82 Å². The molecule has 5 N–H and O–H groups in total. The number of phenolic OH excluding ortho intramolecular Hbond substituents is 2. The molecule has 0 saturated heterocycles. The summed E-state index contributed by atoms with van der Waals surface area (Å²) in [6.07, 6.45) is 1.40. The molecule has 0 atom stereocenters. The van der Waals surface area contributed by atoms with Gasteiger partial charge in [0.2, 0.25) is 0 Å². The van der Waals surface area contributed by atoms with Gasteiger partial charge in [0.15, 0.2) is 17.3 Å². The number of H-pyrrole nitrogens is 1. The molecule has 2 rings (SSSR count). The highest BCUT2D eigenvalue weighted by atomic mass is 19.1. The molecule has 15 heavy (non-hydrogen) atoms. The van der Waals surface area contributed by atoms with Gasteiger partial charge in [0.1, 0.15) is 5.82 Å². The molecule has 0 saturated carbocycles. The van der Waals surface area contributed by atoms with Gasteiger partial charge in [0.05, 0.1) is 6.20 Å². The predicted molar refractivity (Wildman–Crippen MR) is 51.7 cm³/mol. The average Bonchev–Trinajstić information content (AvgIpc) is 2.60. The van der Waals surface area contributed by atoms with E-state index in [1.807, 2.05) is 0 Å². The molecule has 1 aromatic heterocycles. The summed E-state index contributed by atoms with van der Waals surface area (Å²) in [5.41, 5.74) is 6.33. The quantitative estimate of drug-likeness (QED) is 0.531. The van der Waals surface area contributed by atoms with Crippen molar-refractivity contribution in [3.8, 4) is 22.6 Å². The van der Waals surface area contributed by atoms with Gasteiger partial charge in [-0.15, -0.1) is 0 Å². The van der Waals surface area contributed by atoms with Crippen molar-refractivity contribution in [1.29, 1.82) is 0 Å². The van der Waals surface area contributed by atoms with Gasteiger partial charge in [-0.25, -0.2) is 4.39 Å². The van der Waals surface area contributed by atoms with Crippen LogP contribution in [-0.2, 0) is 0 Å². The first-order valence-electron chi connectivity index (χ1n) is 4.10. The first-order valence-corrected chi connectivity index (χ1v) is 4.10. The smallest absolute Gasteiger partial charge is 0.194 e. The third-order valence-corrected chi connectivity index (χ3v) is 2.02. The van der Waals surface area contributed by atoms with E-state index in [1.165, 1.54) is 12.3 Å². The Morgan fingerprint density at radius 1 is 1.33 bits per heavy atom. The molecular weight excluding hydrogens is 201 g/mol. The molecule has 1 aromatic carbocycles. The maximum absolute atomic E-state index is 13.1. The van der Waals surface area contributed by atoms with Crippen LogP contribution in [-0.4, -0.2) is 20.4 Å². The van der Waals surface area contributed by atoms with Crippen LogP contribution in [0, 0.1) is 5.82 Å². The number of benzene rings is 1. The monoisotopic (exact) mass is 209 g/mol. The van der Waals surface area contributed by atoms with Crippen molar-refractivity contribution >= 4 is 5.82 Å². The number of nitrogen functional groups attached to an aromatic ring is 1. The molecule has 1 heterocycles. The lowest BCUT2D eigenvalue weighted by Gasteiger charge is -2.03. The largest absolute Gasteiger partial charge is 0.504 e. The lowest BCUT2D eigenvalue weighted by molar-refractivity contribution is 0.379. The van der Waals surface area contributed by atoms with E-state index in [9.17, 15) is 9.50 Å². The van der Waals surface area contributed by atoms with E-state index in [0.29, 0.717) is 11.1 Å². The van der Waals surface area contributed by atoms with Crippen LogP contribution in [0.5, 0.6) is 11.5 Å². The second-order valence-corrected chi connectivity index (χ2v) is 3.02. The fraction of sp³-hybridized carbons (Fsp3) is 0. The van der Waals surface area contributed by atoms with Crippen molar-refractivity contribution < 1.29 is 14.6 Å². The van der Waals surface area contributed by atoms with Gasteiger partial charge >= 0.3 is 0 Å². The van der Waals surface area contributed by atoms with Crippen LogP contribution in [0.2, 0.25) is 0 Å². The topological polar surface area (TPSA) is 95.2 Å². The highest BCUT2D eigenvalue weighted by molar-refractivity contribution is 5.74. The number of nitrogens with one attached hydrogen (secondary N) is 1. The molecule has 0 aliphatic carbocycles. The number of rotatable bonds is 1. The number of hydrogen-bond acceptors (Lipinski definition) is 4. The lowest BCUT2D eigenvalue weighted by atomic mass is 10.1. The van der Waals surface area contributed by atoms with Crippen LogP contribution in [0.15, 0.2) is 18.3 Å². The van der Waals surface area contributed by atoms with Crippen molar-refractivity contribution in [1.82, 2.24) is 10.2 Å². The Kier molecular flexibility index (Phi) is 1.96. The van der Waals surface area contributed by atoms with E-state index < -0.39 is 17.3 Å². The van der Waals surface area contributed by atoms with Gasteiger partial charge in [0, 0.05) is 5.56 Å². The van der Waals surface area contributed by atoms with Crippen molar-refractivity contribution in [2.45, 2.75) is 0 Å². The van der Waals surface area contributed by atoms with E-state index >= 15 is 0 Å². The fourth-order valence-electron chi connectivity index (χ4n) is 1.27. The summed E-state index contributed by atoms with van der Waals surface area (Å²) in [4.78, 5) is 0. The van der Waals surface area contributed by atoms with E-state index in [2.05, 4.69) is 10.2 Å². The zero-order valence-electron chi connectivity index (χ0n) is 7.53. The van der Waals surface area contributed by atoms with Gasteiger partial charge in [-0.05, 0) is 17.7 Å². The highest BCUT2D eigenvalue weighted by Gasteiger charge is 2.12. The summed E-state index contributed by atoms with van der Waals surface area (Å²) in [5.74, 6) is -1.96. The zero-order chi connectivity index (χ0) is 11.0. The Morgan fingerprint density at radius 3 is 2.60 bits per heavy atom. The van der Waals surface area contributed by atoms with Crippen LogP contribution in [0.25, 0.3) is 11.1 Å². The maximum atomic E-state index is 13.1. The Hall–Kier alpha value is -2.24. The Bertz CT molecular complexity index is 487. The third-order valence-electron chi connectivity index (χ3n) is 2.02. The molecule has 0 spiro atoms. The third kappa shape index (κ3) is 1.45. The van der Waals surface area contributed by atoms with Gasteiger partial charge < -0.3 is 15.9 Å². The first kappa shape index (κ1) is 9.32. The molecule has 0 amide bonds. The minimum atomic E-state index is -0.911. The van der Waals surface area contributed by atoms with E-state index in [4.69, 9.17) is 10.8 Å². The van der Waals surface area contributed by atoms with E-state index in [1.54, 1.807) is 0 Å². The Balaban J connectivity index is 2.60. The summed E-state index contributed by atoms with van der Waals surface area (Å²) < 4.78 is 13.1. The zero-order valence-corrected chi connectivity index (χ0v) is 7.53. The fourth-order valence-corrected chi connectivity index (χ4v) is 1.27. The van der Waals surface area contributed by atoms with Crippen LogP contribution < -0.4 is 5.73 Å². The molecule has 0 aliphatic rings. The van der Waals surface area contributed by atoms with Gasteiger partial charge in [-0.1, -0.05) is 0 Å². The molecular formula is C9H8FN3O2. The molecule has 5 nitrogen and oxygen atoms in total. The highest BCUT2D eigenvalue weighted by Crippen LogP contribution is 2.34. The summed E-state index contributed by atoms with van der Waals surface area (Å²) in [5, 5.41) is 24.4. The molecule has 78 valence electrons. The number of halogens is 1. The number of aromatic nitrogens is 2. The minimum absolute atomic E-state index is 0.263. The van der Waals surface area contributed by atoms with Crippen molar-refractivity contribution in [3.63, 3.8) is 0 Å². The second-order valence-electron chi connectivity index (χ2n) is 3.02. The molecule has 0 unspecified atom stereocenters. The second kappa shape index (κ2) is 3.16. The first-order chi connectivity index (χ1) is 7.09. The number of nitrogens with two attached hydrogens (primary N) is 1. The number of anilines is 1. The molecule has 0 bridgehead atoms. The summed E-state index contributed by atoms with van der Waals surface area (Å²) >= 11 is 0. The van der Waals surface area contributed by atoms with Crippen LogP contribution in [0.1, 0.15) is 0 Å². The predicted octanol–water partition coefficient (Wildman–Crippen LogP) is 1.21. The molecule has 6 heteroatoms. The van der Waals surface area contributed by atoms with Crippen molar-refractivity contribution in [3.05, 3.63) is 24.1 Å². The molecule has 0 aliphatic heterocycles. The standard InChI is InChI=1S/C9H8FN3O2/c10-6-1-4(2-7(14)8(6)15)5-3-12-13-9(5)11/h1-3,14-15H,(H3,11,12,13). The van der Waals surface area contributed by atoms with Gasteiger partial charge in [-0.3, -0.25) is 5.10 Å². The number of phenols is 2. The van der Waals surface area contributed by atoms with Crippen molar-refractivity contribution in [2.75, 3.05) is 5.73 Å². The minimum Gasteiger partial charge on any atom is -0.504 e. The Morgan fingerprint density at radius 2 is 2.07 bits per heavy atom. The number of aromatic amines is 1.